The highest BCUT2D eigenvalue weighted by molar-refractivity contribution is 6.02. The van der Waals surface area contributed by atoms with Crippen LogP contribution in [-0.2, 0) is 13.2 Å². The van der Waals surface area contributed by atoms with E-state index < -0.39 is 29.0 Å². The normalized spacial score (nSPS) is 19.4. The van der Waals surface area contributed by atoms with E-state index >= 15 is 0 Å². The molecule has 1 aliphatic carbocycles. The van der Waals surface area contributed by atoms with Crippen molar-refractivity contribution in [3.63, 3.8) is 0 Å². The summed E-state index contributed by atoms with van der Waals surface area (Å²) < 4.78 is 57.0. The fourth-order valence-corrected chi connectivity index (χ4v) is 3.50. The van der Waals surface area contributed by atoms with Gasteiger partial charge in [-0.05, 0) is 24.3 Å². The molecule has 1 unspecified atom stereocenters. The number of imidazole rings is 1. The van der Waals surface area contributed by atoms with Crippen LogP contribution in [-0.4, -0.2) is 25.3 Å². The van der Waals surface area contributed by atoms with E-state index in [2.05, 4.69) is 9.97 Å². The zero-order valence-corrected chi connectivity index (χ0v) is 15.3. The molecule has 3 heterocycles. The highest BCUT2D eigenvalue weighted by atomic mass is 19.4. The fourth-order valence-electron chi connectivity index (χ4n) is 3.50. The highest BCUT2D eigenvalue weighted by Gasteiger charge is 2.38. The molecular formula is C19H16F4N4O. The van der Waals surface area contributed by atoms with E-state index in [1.807, 2.05) is 0 Å². The van der Waals surface area contributed by atoms with Gasteiger partial charge in [-0.2, -0.15) is 13.2 Å². The SMILES string of the molecule is Cn1cnc2c(=O)n(C3=CC=CC(F)C3(C)C)c3nc(C(F)(F)F)ccc3c21. The van der Waals surface area contributed by atoms with Crippen LogP contribution in [0.3, 0.4) is 0 Å². The van der Waals surface area contributed by atoms with Crippen molar-refractivity contribution in [2.24, 2.45) is 12.5 Å². The minimum atomic E-state index is -4.69. The summed E-state index contributed by atoms with van der Waals surface area (Å²) in [6.07, 6.45) is -0.390. The maximum Gasteiger partial charge on any atom is 0.433 e. The maximum atomic E-state index is 14.6. The summed E-state index contributed by atoms with van der Waals surface area (Å²) in [6, 6.07) is 2.13. The first-order valence-electron chi connectivity index (χ1n) is 8.51. The Morgan fingerprint density at radius 2 is 1.93 bits per heavy atom. The number of nitrogens with zero attached hydrogens (tertiary/aromatic N) is 4. The van der Waals surface area contributed by atoms with Gasteiger partial charge in [-0.1, -0.05) is 19.9 Å². The van der Waals surface area contributed by atoms with Crippen LogP contribution in [0, 0.1) is 5.41 Å². The number of alkyl halides is 4. The summed E-state index contributed by atoms with van der Waals surface area (Å²) in [4.78, 5) is 21.0. The first-order chi connectivity index (χ1) is 13.0. The summed E-state index contributed by atoms with van der Waals surface area (Å²) in [6.45, 7) is 3.17. The van der Waals surface area contributed by atoms with Gasteiger partial charge in [-0.3, -0.25) is 9.36 Å². The highest BCUT2D eigenvalue weighted by Crippen LogP contribution is 2.40. The molecule has 4 rings (SSSR count). The molecule has 5 nitrogen and oxygen atoms in total. The van der Waals surface area contributed by atoms with E-state index in [0.29, 0.717) is 10.9 Å². The van der Waals surface area contributed by atoms with Gasteiger partial charge in [-0.15, -0.1) is 0 Å². The quantitative estimate of drug-likeness (QED) is 0.587. The van der Waals surface area contributed by atoms with Gasteiger partial charge >= 0.3 is 6.18 Å². The molecule has 0 saturated carbocycles. The van der Waals surface area contributed by atoms with Crippen LogP contribution in [0.15, 0.2) is 41.5 Å². The Labute approximate surface area is 156 Å². The predicted octanol–water partition coefficient (Wildman–Crippen LogP) is 4.08. The van der Waals surface area contributed by atoms with Gasteiger partial charge in [-0.25, -0.2) is 14.4 Å². The van der Waals surface area contributed by atoms with Crippen molar-refractivity contribution in [3.05, 3.63) is 52.7 Å². The zero-order chi connectivity index (χ0) is 20.4. The number of hydrogen-bond acceptors (Lipinski definition) is 3. The zero-order valence-electron chi connectivity index (χ0n) is 15.3. The van der Waals surface area contributed by atoms with Crippen molar-refractivity contribution in [2.45, 2.75) is 26.2 Å². The van der Waals surface area contributed by atoms with Crippen LogP contribution in [0.5, 0.6) is 0 Å². The van der Waals surface area contributed by atoms with Gasteiger partial charge in [0.1, 0.15) is 17.5 Å². The Morgan fingerprint density at radius 3 is 2.61 bits per heavy atom. The Balaban J connectivity index is 2.20. The molecule has 3 aromatic rings. The van der Waals surface area contributed by atoms with Crippen molar-refractivity contribution >= 4 is 27.8 Å². The van der Waals surface area contributed by atoms with Crippen LogP contribution in [0.25, 0.3) is 27.8 Å². The summed E-state index contributed by atoms with van der Waals surface area (Å²) in [5.74, 6) is 0. The second-order valence-electron chi connectivity index (χ2n) is 7.32. The van der Waals surface area contributed by atoms with Crippen molar-refractivity contribution in [1.82, 2.24) is 19.1 Å². The minimum Gasteiger partial charge on any atom is -0.333 e. The maximum absolute atomic E-state index is 14.6. The lowest BCUT2D eigenvalue weighted by atomic mass is 9.80. The smallest absolute Gasteiger partial charge is 0.333 e. The van der Waals surface area contributed by atoms with Crippen LogP contribution in [0.2, 0.25) is 0 Å². The van der Waals surface area contributed by atoms with Crippen molar-refractivity contribution < 1.29 is 17.6 Å². The van der Waals surface area contributed by atoms with Crippen LogP contribution >= 0.6 is 0 Å². The summed E-state index contributed by atoms with van der Waals surface area (Å²) in [7, 11) is 1.64. The number of halogens is 4. The second kappa shape index (κ2) is 5.76. The second-order valence-corrected chi connectivity index (χ2v) is 7.32. The molecule has 0 amide bonds. The van der Waals surface area contributed by atoms with Gasteiger partial charge in [0.25, 0.3) is 5.56 Å². The molecule has 1 atom stereocenters. The molecule has 3 aromatic heterocycles. The Bertz CT molecular complexity index is 1230. The third-order valence-electron chi connectivity index (χ3n) is 5.10. The number of pyridine rings is 2. The third-order valence-corrected chi connectivity index (χ3v) is 5.10. The first-order valence-corrected chi connectivity index (χ1v) is 8.51. The largest absolute Gasteiger partial charge is 0.433 e. The molecule has 146 valence electrons. The first kappa shape index (κ1) is 18.4. The topological polar surface area (TPSA) is 52.7 Å². The van der Waals surface area contributed by atoms with Crippen LogP contribution < -0.4 is 5.56 Å². The Morgan fingerprint density at radius 1 is 1.21 bits per heavy atom. The number of hydrogen-bond donors (Lipinski definition) is 0. The molecule has 0 saturated heterocycles. The number of aromatic nitrogens is 4. The van der Waals surface area contributed by atoms with Crippen LogP contribution in [0.1, 0.15) is 19.5 Å². The van der Waals surface area contributed by atoms with E-state index in [0.717, 1.165) is 10.6 Å². The summed E-state index contributed by atoms with van der Waals surface area (Å²) >= 11 is 0. The van der Waals surface area contributed by atoms with E-state index in [1.165, 1.54) is 30.6 Å². The monoisotopic (exact) mass is 392 g/mol. The van der Waals surface area contributed by atoms with E-state index in [4.69, 9.17) is 0 Å². The van der Waals surface area contributed by atoms with Gasteiger partial charge in [0.05, 0.1) is 11.8 Å². The van der Waals surface area contributed by atoms with Crippen LogP contribution in [0.4, 0.5) is 17.6 Å². The lowest BCUT2D eigenvalue weighted by molar-refractivity contribution is -0.141. The van der Waals surface area contributed by atoms with Gasteiger partial charge in [0, 0.05) is 23.5 Å². The average Bonchev–Trinajstić information content (AvgIpc) is 3.00. The summed E-state index contributed by atoms with van der Waals surface area (Å²) in [5.41, 5.74) is -2.43. The molecule has 9 heteroatoms. The number of fused-ring (bicyclic) bond motifs is 3. The molecule has 1 aliphatic rings. The van der Waals surface area contributed by atoms with Crippen molar-refractivity contribution in [2.75, 3.05) is 0 Å². The molecule has 0 bridgehead atoms. The molecule has 0 spiro atoms. The molecule has 0 radical (unpaired) electrons. The minimum absolute atomic E-state index is 0.0817. The van der Waals surface area contributed by atoms with E-state index in [9.17, 15) is 22.4 Å². The molecule has 28 heavy (non-hydrogen) atoms. The van der Waals surface area contributed by atoms with Gasteiger partial charge < -0.3 is 4.57 Å². The van der Waals surface area contributed by atoms with E-state index in [-0.39, 0.29) is 16.9 Å². The predicted molar refractivity (Wildman–Crippen MR) is 97.4 cm³/mol. The lowest BCUT2D eigenvalue weighted by Crippen LogP contribution is -2.35. The lowest BCUT2D eigenvalue weighted by Gasteiger charge is -2.33. The number of allylic oxidation sites excluding steroid dienone is 4. The Hall–Kier alpha value is -2.97. The van der Waals surface area contributed by atoms with Crippen molar-refractivity contribution in [1.29, 1.82) is 0 Å². The molecular weight excluding hydrogens is 376 g/mol. The summed E-state index contributed by atoms with van der Waals surface area (Å²) in [5, 5.41) is 0.323. The molecule has 0 fully saturated rings. The molecule has 0 aliphatic heterocycles. The number of rotatable bonds is 1. The van der Waals surface area contributed by atoms with Gasteiger partial charge in [0.15, 0.2) is 5.52 Å². The fraction of sp³-hybridized carbons (Fsp3) is 0.316. The Kier molecular flexibility index (Phi) is 3.79. The molecule has 0 aromatic carbocycles. The number of aryl methyl sites for hydroxylation is 1. The van der Waals surface area contributed by atoms with Crippen molar-refractivity contribution in [3.8, 4) is 0 Å². The third kappa shape index (κ3) is 2.49. The molecule has 0 N–H and O–H groups in total. The van der Waals surface area contributed by atoms with E-state index in [1.54, 1.807) is 25.5 Å². The average molecular weight is 392 g/mol. The standard InChI is InChI=1S/C19H16F4N4O/c1-18(2)11(20)5-4-6-13(18)27-16-10(7-8-12(25-16)19(21,22)23)15-14(17(27)28)24-9-26(15)3/h4-9,11H,1-3H3. The van der Waals surface area contributed by atoms with Gasteiger partial charge in [0.2, 0.25) is 0 Å².